The van der Waals surface area contributed by atoms with Crippen LogP contribution in [0.5, 0.6) is 0 Å². The van der Waals surface area contributed by atoms with Crippen molar-refractivity contribution in [2.45, 2.75) is 13.3 Å². The van der Waals surface area contributed by atoms with Gasteiger partial charge in [-0.2, -0.15) is 0 Å². The van der Waals surface area contributed by atoms with Crippen molar-refractivity contribution in [1.82, 2.24) is 9.44 Å². The first-order valence-corrected chi connectivity index (χ1v) is 3.88. The molecule has 0 aromatic heterocycles. The van der Waals surface area contributed by atoms with Crippen molar-refractivity contribution in [3.05, 3.63) is 0 Å². The van der Waals surface area contributed by atoms with Crippen LogP contribution in [0.4, 0.5) is 0 Å². The second-order valence-corrected chi connectivity index (χ2v) is 2.56. The van der Waals surface area contributed by atoms with Gasteiger partial charge in [0.15, 0.2) is 0 Å². The molecule has 0 saturated carbocycles. The van der Waals surface area contributed by atoms with E-state index in [1.165, 1.54) is 0 Å². The molecule has 6 heteroatoms. The molecule has 4 nitrogen and oxygen atoms in total. The van der Waals surface area contributed by atoms with Crippen LogP contribution in [0, 0.1) is 5.92 Å². The second-order valence-electron chi connectivity index (χ2n) is 2.12. The summed E-state index contributed by atoms with van der Waals surface area (Å²) in [5.41, 5.74) is 0. The molecule has 0 aromatic carbocycles. The quantitative estimate of drug-likeness (QED) is 0.476. The first kappa shape index (κ1) is 10.6. The van der Waals surface area contributed by atoms with Crippen LogP contribution in [0.3, 0.4) is 0 Å². The monoisotopic (exact) mass is 194 g/mol. The van der Waals surface area contributed by atoms with Crippen LogP contribution < -0.4 is 9.44 Å². The van der Waals surface area contributed by atoms with E-state index in [4.69, 9.17) is 0 Å². The zero-order valence-electron chi connectivity index (χ0n) is 6.00. The number of thiol groups is 2. The van der Waals surface area contributed by atoms with E-state index in [2.05, 4.69) is 35.1 Å². The van der Waals surface area contributed by atoms with Gasteiger partial charge < -0.3 is 9.44 Å². The third-order valence-corrected chi connectivity index (χ3v) is 1.64. The predicted octanol–water partition coefficient (Wildman–Crippen LogP) is -0.0654. The molecule has 0 spiro atoms. The first-order chi connectivity index (χ1) is 5.11. The number of hydrogen-bond donors (Lipinski definition) is 4. The van der Waals surface area contributed by atoms with Gasteiger partial charge in [0.1, 0.15) is 0 Å². The summed E-state index contributed by atoms with van der Waals surface area (Å²) < 4.78 is 4.27. The minimum atomic E-state index is -0.375. The molecular weight excluding hydrogens is 184 g/mol. The fourth-order valence-corrected chi connectivity index (χ4v) is 0.838. The van der Waals surface area contributed by atoms with Crippen LogP contribution in [-0.4, -0.2) is 11.8 Å². The fourth-order valence-electron chi connectivity index (χ4n) is 0.527. The lowest BCUT2D eigenvalue weighted by Gasteiger charge is -2.06. The van der Waals surface area contributed by atoms with Crippen molar-refractivity contribution in [1.29, 1.82) is 0 Å². The third kappa shape index (κ3) is 4.15. The Labute approximate surface area is 76.2 Å². The Hall–Kier alpha value is -0.360. The molecule has 2 amide bonds. The van der Waals surface area contributed by atoms with Crippen LogP contribution in [0.25, 0.3) is 0 Å². The maximum Gasteiger partial charge on any atom is 0.232 e. The van der Waals surface area contributed by atoms with Crippen LogP contribution in [0.1, 0.15) is 13.3 Å². The molecular formula is C5H10N2O2S2. The molecule has 0 rings (SSSR count). The number of hydrogen-bond acceptors (Lipinski definition) is 4. The van der Waals surface area contributed by atoms with Crippen molar-refractivity contribution in [2.75, 3.05) is 0 Å². The lowest BCUT2D eigenvalue weighted by atomic mass is 10.1. The Morgan fingerprint density at radius 3 is 2.27 bits per heavy atom. The van der Waals surface area contributed by atoms with E-state index in [-0.39, 0.29) is 24.2 Å². The molecule has 0 radical (unpaired) electrons. The lowest BCUT2D eigenvalue weighted by Crippen LogP contribution is -2.26. The Balaban J connectivity index is 3.77. The summed E-state index contributed by atoms with van der Waals surface area (Å²) in [6.07, 6.45) is 0.121. The highest BCUT2D eigenvalue weighted by molar-refractivity contribution is 7.78. The number of nitrogens with one attached hydrogen (secondary N) is 2. The number of rotatable bonds is 3. The van der Waals surface area contributed by atoms with Gasteiger partial charge in [0.25, 0.3) is 0 Å². The molecule has 0 aromatic rings. The molecule has 2 N–H and O–H groups in total. The van der Waals surface area contributed by atoms with Crippen molar-refractivity contribution in [3.63, 3.8) is 0 Å². The molecule has 1 unspecified atom stereocenters. The molecule has 11 heavy (non-hydrogen) atoms. The van der Waals surface area contributed by atoms with E-state index < -0.39 is 0 Å². The van der Waals surface area contributed by atoms with Gasteiger partial charge in [0.05, 0.1) is 0 Å². The first-order valence-electron chi connectivity index (χ1n) is 2.98. The Morgan fingerprint density at radius 1 is 1.36 bits per heavy atom. The van der Waals surface area contributed by atoms with E-state index in [1.54, 1.807) is 6.92 Å². The van der Waals surface area contributed by atoms with Crippen LogP contribution in [0.2, 0.25) is 0 Å². The summed E-state index contributed by atoms with van der Waals surface area (Å²) in [6.45, 7) is 1.63. The van der Waals surface area contributed by atoms with Crippen molar-refractivity contribution >= 4 is 37.4 Å². The van der Waals surface area contributed by atoms with Gasteiger partial charge in [-0.15, -0.1) is 0 Å². The summed E-state index contributed by atoms with van der Waals surface area (Å²) in [5.74, 6) is -0.928. The smallest absolute Gasteiger partial charge is 0.232 e. The SMILES string of the molecule is CC(CC(=O)NS)C(=O)NS. The van der Waals surface area contributed by atoms with Gasteiger partial charge in [-0.25, -0.2) is 0 Å². The zero-order chi connectivity index (χ0) is 8.85. The average Bonchev–Trinajstić information content (AvgIpc) is 2.02. The maximum atomic E-state index is 10.8. The molecule has 0 bridgehead atoms. The van der Waals surface area contributed by atoms with E-state index >= 15 is 0 Å². The molecule has 0 aliphatic rings. The maximum absolute atomic E-state index is 10.8. The Bertz CT molecular complexity index is 163. The number of carbonyl (C=O) groups excluding carboxylic acids is 2. The molecule has 0 fully saturated rings. The van der Waals surface area contributed by atoms with Crippen LogP contribution in [-0.2, 0) is 9.59 Å². The van der Waals surface area contributed by atoms with Gasteiger partial charge in [-0.1, -0.05) is 32.6 Å². The molecule has 64 valence electrons. The molecule has 0 saturated heterocycles. The largest absolute Gasteiger partial charge is 0.303 e. The summed E-state index contributed by atoms with van der Waals surface area (Å²) in [7, 11) is 0. The zero-order valence-corrected chi connectivity index (χ0v) is 7.78. The normalized spacial score (nSPS) is 11.9. The number of amides is 2. The third-order valence-electron chi connectivity index (χ3n) is 1.17. The summed E-state index contributed by atoms with van der Waals surface area (Å²) >= 11 is 7.09. The lowest BCUT2D eigenvalue weighted by molar-refractivity contribution is -0.127. The van der Waals surface area contributed by atoms with Gasteiger partial charge in [0.2, 0.25) is 11.8 Å². The molecule has 1 atom stereocenters. The van der Waals surface area contributed by atoms with Gasteiger partial charge in [-0.05, 0) is 0 Å². The number of carbonyl (C=O) groups is 2. The van der Waals surface area contributed by atoms with Crippen molar-refractivity contribution in [2.24, 2.45) is 5.92 Å². The van der Waals surface area contributed by atoms with Gasteiger partial charge >= 0.3 is 0 Å². The summed E-state index contributed by atoms with van der Waals surface area (Å²) in [6, 6.07) is 0. The van der Waals surface area contributed by atoms with E-state index in [1.807, 2.05) is 0 Å². The predicted molar refractivity (Wildman–Crippen MR) is 48.0 cm³/mol. The minimum Gasteiger partial charge on any atom is -0.303 e. The Kier molecular flexibility index (Phi) is 5.14. The summed E-state index contributed by atoms with van der Waals surface area (Å²) in [5, 5.41) is 0. The minimum absolute atomic E-state index is 0.121. The van der Waals surface area contributed by atoms with E-state index in [0.717, 1.165) is 0 Å². The van der Waals surface area contributed by atoms with E-state index in [0.29, 0.717) is 0 Å². The molecule has 0 aliphatic heterocycles. The Morgan fingerprint density at radius 2 is 1.91 bits per heavy atom. The second kappa shape index (κ2) is 5.31. The molecule has 0 heterocycles. The highest BCUT2D eigenvalue weighted by Gasteiger charge is 2.14. The highest BCUT2D eigenvalue weighted by Crippen LogP contribution is 2.01. The average molecular weight is 194 g/mol. The van der Waals surface area contributed by atoms with Crippen molar-refractivity contribution < 1.29 is 9.59 Å². The molecule has 0 aliphatic carbocycles. The van der Waals surface area contributed by atoms with Gasteiger partial charge in [0, 0.05) is 12.3 Å². The topological polar surface area (TPSA) is 58.2 Å². The van der Waals surface area contributed by atoms with Crippen molar-refractivity contribution in [3.8, 4) is 0 Å². The van der Waals surface area contributed by atoms with E-state index in [9.17, 15) is 9.59 Å². The van der Waals surface area contributed by atoms with Gasteiger partial charge in [-0.3, -0.25) is 9.59 Å². The fraction of sp³-hybridized carbons (Fsp3) is 0.600. The highest BCUT2D eigenvalue weighted by atomic mass is 32.1. The summed E-state index contributed by atoms with van der Waals surface area (Å²) in [4.78, 5) is 21.4. The standard InChI is InChI=1S/C5H10N2O2S2/c1-3(5(9)7-11)2-4(8)6-10/h3,10-11H,2H2,1H3,(H,6,8)(H,7,9). The van der Waals surface area contributed by atoms with Crippen LogP contribution >= 0.6 is 25.6 Å². The van der Waals surface area contributed by atoms with Crippen LogP contribution in [0.15, 0.2) is 0 Å².